The Balaban J connectivity index is 1.38. The van der Waals surface area contributed by atoms with Gasteiger partial charge in [-0.25, -0.2) is 9.37 Å². The van der Waals surface area contributed by atoms with Crippen molar-refractivity contribution in [2.75, 3.05) is 39.6 Å². The molecule has 0 bridgehead atoms. The van der Waals surface area contributed by atoms with E-state index in [1.165, 1.54) is 13.3 Å². The zero-order valence-corrected chi connectivity index (χ0v) is 25.2. The van der Waals surface area contributed by atoms with E-state index in [9.17, 15) is 14.0 Å². The number of amides is 2. The molecule has 1 saturated heterocycles. The number of aryl methyl sites for hydroxylation is 1. The Morgan fingerprint density at radius 3 is 2.69 bits per heavy atom. The van der Waals surface area contributed by atoms with Crippen molar-refractivity contribution in [1.82, 2.24) is 25.1 Å². The molecule has 0 spiro atoms. The second-order valence-electron chi connectivity index (χ2n) is 11.2. The van der Waals surface area contributed by atoms with Crippen molar-refractivity contribution in [3.05, 3.63) is 63.8 Å². The number of anilines is 2. The number of carbonyl (C=O) groups is 2. The number of piperidine rings is 1. The highest BCUT2D eigenvalue weighted by Crippen LogP contribution is 2.43. The summed E-state index contributed by atoms with van der Waals surface area (Å²) in [7, 11) is 5.09. The fraction of sp³-hybridized carbons (Fsp3) is 0.400. The first-order chi connectivity index (χ1) is 19.9. The quantitative estimate of drug-likeness (QED) is 0.389. The molecule has 0 unspecified atom stereocenters. The van der Waals surface area contributed by atoms with E-state index >= 15 is 0 Å². The van der Waals surface area contributed by atoms with Gasteiger partial charge in [-0.2, -0.15) is 4.98 Å². The third kappa shape index (κ3) is 5.46. The molecule has 42 heavy (non-hydrogen) atoms. The Morgan fingerprint density at radius 1 is 1.21 bits per heavy atom. The maximum Gasteiger partial charge on any atom is 0.258 e. The molecule has 2 aromatic carbocycles. The first-order valence-corrected chi connectivity index (χ1v) is 14.0. The van der Waals surface area contributed by atoms with Crippen molar-refractivity contribution < 1.29 is 23.5 Å². The van der Waals surface area contributed by atoms with E-state index < -0.39 is 17.8 Å². The van der Waals surface area contributed by atoms with Crippen molar-refractivity contribution in [1.29, 1.82) is 0 Å². The second-order valence-corrected chi connectivity index (χ2v) is 11.6. The zero-order chi connectivity index (χ0) is 30.3. The summed E-state index contributed by atoms with van der Waals surface area (Å²) < 4.78 is 26.1. The van der Waals surface area contributed by atoms with Gasteiger partial charge >= 0.3 is 0 Å². The second kappa shape index (κ2) is 11.4. The maximum absolute atomic E-state index is 14.5. The molecule has 5 rings (SSSR count). The number of halogens is 2. The fourth-order valence-electron chi connectivity index (χ4n) is 5.32. The predicted octanol–water partition coefficient (Wildman–Crippen LogP) is 5.08. The standard InChI is InChI=1S/C30H34ClFN6O4/c1-16-12-22(24(41-6)13-17(16)26(39)34-21-10-11-37(4)15-20(21)32)35-29-33-14-19(31)27(36-29)42-23-9-7-8-18-25(23)28(40)38(5)30(18,2)3/h7-9,12-14,20-21H,10-11,15H2,1-6H3,(H,34,39)(H,33,35,36)/t20-,21+/m1/s1. The Bertz CT molecular complexity index is 1550. The summed E-state index contributed by atoms with van der Waals surface area (Å²) in [6.45, 7) is 6.71. The predicted molar refractivity (Wildman–Crippen MR) is 158 cm³/mol. The number of nitrogens with zero attached hydrogens (tertiary/aromatic N) is 4. The molecule has 1 fully saturated rings. The van der Waals surface area contributed by atoms with Gasteiger partial charge < -0.3 is 29.9 Å². The van der Waals surface area contributed by atoms with Crippen LogP contribution in [-0.4, -0.2) is 78.1 Å². The van der Waals surface area contributed by atoms with Gasteiger partial charge in [0.05, 0.1) is 36.1 Å². The molecule has 2 aliphatic heterocycles. The highest BCUT2D eigenvalue weighted by molar-refractivity contribution is 6.31. The molecule has 2 atom stereocenters. The van der Waals surface area contributed by atoms with Crippen LogP contribution in [0.2, 0.25) is 5.02 Å². The number of ether oxygens (including phenoxy) is 2. The number of alkyl halides is 1. The molecule has 0 aliphatic carbocycles. The Kier molecular flexibility index (Phi) is 8.00. The first-order valence-electron chi connectivity index (χ1n) is 13.6. The lowest BCUT2D eigenvalue weighted by Gasteiger charge is -2.32. The van der Waals surface area contributed by atoms with Crippen molar-refractivity contribution in [3.8, 4) is 17.4 Å². The van der Waals surface area contributed by atoms with E-state index in [0.717, 1.165) is 5.56 Å². The van der Waals surface area contributed by atoms with E-state index in [1.54, 1.807) is 37.1 Å². The van der Waals surface area contributed by atoms with Gasteiger partial charge in [0.15, 0.2) is 0 Å². The van der Waals surface area contributed by atoms with Gasteiger partial charge in [-0.3, -0.25) is 9.59 Å². The number of nitrogens with one attached hydrogen (secondary N) is 2. The summed E-state index contributed by atoms with van der Waals surface area (Å²) in [5, 5.41) is 6.09. The number of fused-ring (bicyclic) bond motifs is 1. The SMILES string of the molecule is COc1cc(C(=O)N[C@H]2CCN(C)C[C@H]2F)c(C)cc1Nc1ncc(Cl)c(Oc2cccc3c2C(=O)N(C)C3(C)C)n1. The van der Waals surface area contributed by atoms with Crippen molar-refractivity contribution in [2.45, 2.75) is 44.9 Å². The van der Waals surface area contributed by atoms with Crippen LogP contribution in [0.15, 0.2) is 36.5 Å². The molecular weight excluding hydrogens is 563 g/mol. The Hall–Kier alpha value is -3.96. The normalized spacial score (nSPS) is 19.8. The van der Waals surface area contributed by atoms with Crippen LogP contribution >= 0.6 is 11.6 Å². The van der Waals surface area contributed by atoms with Crippen LogP contribution in [0.5, 0.6) is 17.4 Å². The van der Waals surface area contributed by atoms with E-state index in [4.69, 9.17) is 21.1 Å². The van der Waals surface area contributed by atoms with E-state index in [1.807, 2.05) is 37.9 Å². The molecule has 10 nitrogen and oxygen atoms in total. The summed E-state index contributed by atoms with van der Waals surface area (Å²) in [5.41, 5.74) is 2.33. The van der Waals surface area contributed by atoms with Crippen LogP contribution in [0.1, 0.15) is 52.1 Å². The van der Waals surface area contributed by atoms with Gasteiger partial charge in [0.2, 0.25) is 11.8 Å². The molecular formula is C30H34ClFN6O4. The van der Waals surface area contributed by atoms with Gasteiger partial charge in [-0.15, -0.1) is 0 Å². The lowest BCUT2D eigenvalue weighted by atomic mass is 9.94. The van der Waals surface area contributed by atoms with Crippen molar-refractivity contribution >= 4 is 35.1 Å². The molecule has 12 heteroatoms. The number of likely N-dealkylation sites (tertiary alicyclic amines) is 1. The van der Waals surface area contributed by atoms with E-state index in [-0.39, 0.29) is 35.2 Å². The van der Waals surface area contributed by atoms with Gasteiger partial charge in [0.25, 0.3) is 11.8 Å². The highest BCUT2D eigenvalue weighted by atomic mass is 35.5. The molecule has 0 radical (unpaired) electrons. The average Bonchev–Trinajstić information content (AvgIpc) is 3.12. The third-order valence-electron chi connectivity index (χ3n) is 8.06. The van der Waals surface area contributed by atoms with Crippen LogP contribution in [-0.2, 0) is 5.54 Å². The van der Waals surface area contributed by atoms with Gasteiger partial charge in [-0.1, -0.05) is 23.7 Å². The number of aromatic nitrogens is 2. The van der Waals surface area contributed by atoms with Gasteiger partial charge in [0, 0.05) is 25.7 Å². The van der Waals surface area contributed by atoms with Gasteiger partial charge in [-0.05, 0) is 63.6 Å². The zero-order valence-electron chi connectivity index (χ0n) is 24.4. The monoisotopic (exact) mass is 596 g/mol. The highest BCUT2D eigenvalue weighted by Gasteiger charge is 2.42. The molecule has 222 valence electrons. The van der Waals surface area contributed by atoms with Crippen LogP contribution in [0.25, 0.3) is 0 Å². The van der Waals surface area contributed by atoms with Crippen molar-refractivity contribution in [2.24, 2.45) is 0 Å². The Labute approximate surface area is 249 Å². The topological polar surface area (TPSA) is 109 Å². The van der Waals surface area contributed by atoms with Crippen LogP contribution in [0.4, 0.5) is 16.0 Å². The molecule has 2 aliphatic rings. The summed E-state index contributed by atoms with van der Waals surface area (Å²) in [4.78, 5) is 38.4. The van der Waals surface area contributed by atoms with Crippen LogP contribution in [0.3, 0.4) is 0 Å². The first kappa shape index (κ1) is 29.5. The fourth-order valence-corrected chi connectivity index (χ4v) is 5.45. The minimum Gasteiger partial charge on any atom is -0.495 e. The van der Waals surface area contributed by atoms with E-state index in [2.05, 4.69) is 20.6 Å². The molecule has 0 saturated carbocycles. The molecule has 3 aromatic rings. The number of hydrogen-bond donors (Lipinski definition) is 2. The molecule has 2 N–H and O–H groups in total. The van der Waals surface area contributed by atoms with Crippen LogP contribution in [0, 0.1) is 6.92 Å². The minimum atomic E-state index is -1.14. The third-order valence-corrected chi connectivity index (χ3v) is 8.32. The summed E-state index contributed by atoms with van der Waals surface area (Å²) in [6, 6.07) is 8.20. The van der Waals surface area contributed by atoms with E-state index in [0.29, 0.717) is 46.8 Å². The summed E-state index contributed by atoms with van der Waals surface area (Å²) in [5.74, 6) is 0.401. The molecule has 2 amide bonds. The van der Waals surface area contributed by atoms with Crippen molar-refractivity contribution in [3.63, 3.8) is 0 Å². The average molecular weight is 597 g/mol. The smallest absolute Gasteiger partial charge is 0.258 e. The number of rotatable bonds is 7. The number of benzene rings is 2. The van der Waals surface area contributed by atoms with Crippen LogP contribution < -0.4 is 20.1 Å². The minimum absolute atomic E-state index is 0.0633. The number of methoxy groups -OCH3 is 1. The lowest BCUT2D eigenvalue weighted by Crippen LogP contribution is -2.51. The lowest BCUT2D eigenvalue weighted by molar-refractivity contribution is 0.0689. The molecule has 1 aromatic heterocycles. The summed E-state index contributed by atoms with van der Waals surface area (Å²) in [6.07, 6.45) is 0.784. The van der Waals surface area contributed by atoms with Gasteiger partial charge in [0.1, 0.15) is 22.7 Å². The number of hydrogen-bond acceptors (Lipinski definition) is 8. The maximum atomic E-state index is 14.5. The number of carbonyl (C=O) groups excluding carboxylic acids is 2. The Morgan fingerprint density at radius 2 is 1.98 bits per heavy atom. The summed E-state index contributed by atoms with van der Waals surface area (Å²) >= 11 is 6.39. The molecule has 3 heterocycles. The largest absolute Gasteiger partial charge is 0.495 e.